The first-order valence-corrected chi connectivity index (χ1v) is 7.01. The molecule has 1 aromatic heterocycles. The Morgan fingerprint density at radius 2 is 2.13 bits per heavy atom. The van der Waals surface area contributed by atoms with Gasteiger partial charge in [-0.2, -0.15) is 13.2 Å². The van der Waals surface area contributed by atoms with Gasteiger partial charge in [0.05, 0.1) is 18.8 Å². The highest BCUT2D eigenvalue weighted by atomic mass is 35.5. The van der Waals surface area contributed by atoms with E-state index in [9.17, 15) is 18.0 Å². The smallest absolute Gasteiger partial charge is 0.370 e. The molecule has 0 atom stereocenters. The highest BCUT2D eigenvalue weighted by Crippen LogP contribution is 2.17. The largest absolute Gasteiger partial charge is 0.411 e. The van der Waals surface area contributed by atoms with Gasteiger partial charge < -0.3 is 15.4 Å². The van der Waals surface area contributed by atoms with Crippen molar-refractivity contribution in [2.24, 2.45) is 0 Å². The van der Waals surface area contributed by atoms with Crippen LogP contribution in [0.15, 0.2) is 6.20 Å². The fourth-order valence-electron chi connectivity index (χ4n) is 2.15. The van der Waals surface area contributed by atoms with E-state index in [1.54, 1.807) is 10.9 Å². The topological polar surface area (TPSA) is 81.1 Å². The third-order valence-corrected chi connectivity index (χ3v) is 3.22. The SMILES string of the molecule is Cl.O=C(NCCOCC(F)(F)F)c1cn(C2CCNCC2)nn1. The highest BCUT2D eigenvalue weighted by Gasteiger charge is 2.27. The molecule has 0 bridgehead atoms. The Hall–Kier alpha value is -1.39. The minimum Gasteiger partial charge on any atom is -0.370 e. The number of carbonyl (C=O) groups is 1. The van der Waals surface area contributed by atoms with Gasteiger partial charge in [0.1, 0.15) is 6.61 Å². The maximum Gasteiger partial charge on any atom is 0.411 e. The van der Waals surface area contributed by atoms with Gasteiger partial charge in [-0.1, -0.05) is 5.21 Å². The summed E-state index contributed by atoms with van der Waals surface area (Å²) in [4.78, 5) is 11.8. The van der Waals surface area contributed by atoms with E-state index in [0.717, 1.165) is 25.9 Å². The molecule has 0 saturated carbocycles. The summed E-state index contributed by atoms with van der Waals surface area (Å²) in [6.45, 7) is 0.225. The van der Waals surface area contributed by atoms with Gasteiger partial charge in [0, 0.05) is 6.54 Å². The molecule has 1 saturated heterocycles. The summed E-state index contributed by atoms with van der Waals surface area (Å²) < 4.78 is 41.6. The molecule has 0 unspecified atom stereocenters. The van der Waals surface area contributed by atoms with E-state index in [1.165, 1.54) is 0 Å². The quantitative estimate of drug-likeness (QED) is 0.740. The Morgan fingerprint density at radius 3 is 2.78 bits per heavy atom. The number of hydrogen-bond acceptors (Lipinski definition) is 5. The van der Waals surface area contributed by atoms with Gasteiger partial charge in [0.15, 0.2) is 5.69 Å². The standard InChI is InChI=1S/C12H18F3N5O2.ClH/c13-12(14,15)8-22-6-5-17-11(21)10-7-20(19-18-10)9-1-3-16-4-2-9;/h7,9,16H,1-6,8H2,(H,17,21);1H. The van der Waals surface area contributed by atoms with Crippen LogP contribution in [-0.2, 0) is 4.74 Å². The summed E-state index contributed by atoms with van der Waals surface area (Å²) in [6.07, 6.45) is -0.977. The van der Waals surface area contributed by atoms with Gasteiger partial charge in [-0.25, -0.2) is 4.68 Å². The maximum absolute atomic E-state index is 11.8. The molecule has 2 N–H and O–H groups in total. The lowest BCUT2D eigenvalue weighted by Gasteiger charge is -2.22. The molecular weight excluding hydrogens is 339 g/mol. The Balaban J connectivity index is 0.00000264. The summed E-state index contributed by atoms with van der Waals surface area (Å²) in [7, 11) is 0. The fraction of sp³-hybridized carbons (Fsp3) is 0.750. The second-order valence-electron chi connectivity index (χ2n) is 4.99. The molecule has 1 aliphatic heterocycles. The zero-order valence-corrected chi connectivity index (χ0v) is 13.1. The fourth-order valence-corrected chi connectivity index (χ4v) is 2.15. The molecule has 0 aromatic carbocycles. The number of carbonyl (C=O) groups excluding carboxylic acids is 1. The Bertz CT molecular complexity index is 491. The summed E-state index contributed by atoms with van der Waals surface area (Å²) in [5.41, 5.74) is 0.148. The minimum absolute atomic E-state index is 0. The van der Waals surface area contributed by atoms with E-state index >= 15 is 0 Å². The third kappa shape index (κ3) is 6.71. The van der Waals surface area contributed by atoms with Crippen molar-refractivity contribution in [3.8, 4) is 0 Å². The number of aromatic nitrogens is 3. The van der Waals surface area contributed by atoms with Crippen LogP contribution in [0.5, 0.6) is 0 Å². The highest BCUT2D eigenvalue weighted by molar-refractivity contribution is 5.91. The molecule has 0 spiro atoms. The molecule has 1 aliphatic rings. The van der Waals surface area contributed by atoms with Crippen LogP contribution in [0, 0.1) is 0 Å². The number of amides is 1. The molecule has 11 heteroatoms. The lowest BCUT2D eigenvalue weighted by atomic mass is 10.1. The van der Waals surface area contributed by atoms with E-state index in [1.807, 2.05) is 0 Å². The number of halogens is 4. The average Bonchev–Trinajstić information content (AvgIpc) is 2.96. The van der Waals surface area contributed by atoms with Crippen LogP contribution in [0.3, 0.4) is 0 Å². The molecule has 0 aliphatic carbocycles. The number of rotatable bonds is 6. The molecule has 1 fully saturated rings. The normalized spacial score (nSPS) is 16.0. The van der Waals surface area contributed by atoms with Crippen molar-refractivity contribution in [1.29, 1.82) is 0 Å². The molecule has 2 heterocycles. The van der Waals surface area contributed by atoms with Crippen LogP contribution < -0.4 is 10.6 Å². The first-order chi connectivity index (χ1) is 10.5. The number of ether oxygens (including phenoxy) is 1. The van der Waals surface area contributed by atoms with Crippen LogP contribution in [-0.4, -0.2) is 59.9 Å². The van der Waals surface area contributed by atoms with Crippen LogP contribution in [0.25, 0.3) is 0 Å². The Kier molecular flexibility index (Phi) is 7.73. The van der Waals surface area contributed by atoms with Gasteiger partial charge in [0.25, 0.3) is 5.91 Å². The second-order valence-corrected chi connectivity index (χ2v) is 4.99. The Labute approximate surface area is 137 Å². The van der Waals surface area contributed by atoms with Crippen molar-refractivity contribution in [3.63, 3.8) is 0 Å². The lowest BCUT2D eigenvalue weighted by molar-refractivity contribution is -0.173. The van der Waals surface area contributed by atoms with Crippen molar-refractivity contribution in [2.45, 2.75) is 25.1 Å². The van der Waals surface area contributed by atoms with Crippen molar-refractivity contribution >= 4 is 18.3 Å². The van der Waals surface area contributed by atoms with Gasteiger partial charge in [0.2, 0.25) is 0 Å². The van der Waals surface area contributed by atoms with Crippen LogP contribution in [0.4, 0.5) is 13.2 Å². The molecule has 23 heavy (non-hydrogen) atoms. The number of nitrogens with one attached hydrogen (secondary N) is 2. The number of hydrogen-bond donors (Lipinski definition) is 2. The number of piperidine rings is 1. The van der Waals surface area contributed by atoms with Crippen LogP contribution in [0.2, 0.25) is 0 Å². The van der Waals surface area contributed by atoms with Crippen molar-refractivity contribution in [2.75, 3.05) is 32.8 Å². The van der Waals surface area contributed by atoms with E-state index in [0.29, 0.717) is 0 Å². The van der Waals surface area contributed by atoms with Crippen molar-refractivity contribution < 1.29 is 22.7 Å². The second kappa shape index (κ2) is 9.04. The zero-order valence-electron chi connectivity index (χ0n) is 12.3. The summed E-state index contributed by atoms with van der Waals surface area (Å²) in [5.74, 6) is -0.476. The number of alkyl halides is 3. The lowest BCUT2D eigenvalue weighted by Crippen LogP contribution is -2.30. The van der Waals surface area contributed by atoms with Gasteiger partial charge in [-0.15, -0.1) is 17.5 Å². The van der Waals surface area contributed by atoms with E-state index in [4.69, 9.17) is 0 Å². The molecule has 1 aromatic rings. The minimum atomic E-state index is -4.36. The van der Waals surface area contributed by atoms with Gasteiger partial charge in [-0.05, 0) is 25.9 Å². The van der Waals surface area contributed by atoms with Gasteiger partial charge in [-0.3, -0.25) is 4.79 Å². The summed E-state index contributed by atoms with van der Waals surface area (Å²) >= 11 is 0. The maximum atomic E-state index is 11.8. The van der Waals surface area contributed by atoms with Crippen molar-refractivity contribution in [1.82, 2.24) is 25.6 Å². The summed E-state index contributed by atoms with van der Waals surface area (Å²) in [6, 6.07) is 0.213. The average molecular weight is 358 g/mol. The molecule has 2 rings (SSSR count). The molecular formula is C12H19ClF3N5O2. The molecule has 132 valence electrons. The number of nitrogens with zero attached hydrogens (tertiary/aromatic N) is 3. The molecule has 1 amide bonds. The van der Waals surface area contributed by atoms with E-state index in [2.05, 4.69) is 25.7 Å². The molecule has 7 nitrogen and oxygen atoms in total. The monoisotopic (exact) mass is 357 g/mol. The predicted molar refractivity (Wildman–Crippen MR) is 77.6 cm³/mol. The third-order valence-electron chi connectivity index (χ3n) is 3.22. The molecule has 0 radical (unpaired) electrons. The predicted octanol–water partition coefficient (Wildman–Crippen LogP) is 0.933. The first-order valence-electron chi connectivity index (χ1n) is 7.01. The van der Waals surface area contributed by atoms with Crippen LogP contribution in [0.1, 0.15) is 29.4 Å². The zero-order chi connectivity index (χ0) is 16.0. The first kappa shape index (κ1) is 19.7. The van der Waals surface area contributed by atoms with E-state index in [-0.39, 0.29) is 37.3 Å². The Morgan fingerprint density at radius 1 is 1.43 bits per heavy atom. The van der Waals surface area contributed by atoms with Crippen molar-refractivity contribution in [3.05, 3.63) is 11.9 Å². The summed E-state index contributed by atoms with van der Waals surface area (Å²) in [5, 5.41) is 13.4. The van der Waals surface area contributed by atoms with E-state index < -0.39 is 18.7 Å². The van der Waals surface area contributed by atoms with Crippen LogP contribution >= 0.6 is 12.4 Å². The van der Waals surface area contributed by atoms with Gasteiger partial charge >= 0.3 is 6.18 Å².